The van der Waals surface area contributed by atoms with E-state index in [-0.39, 0.29) is 10.1 Å². The van der Waals surface area contributed by atoms with Crippen LogP contribution in [0, 0.1) is 13.8 Å². The van der Waals surface area contributed by atoms with Crippen LogP contribution in [0.2, 0.25) is 0 Å². The van der Waals surface area contributed by atoms with E-state index in [1.807, 2.05) is 38.1 Å². The van der Waals surface area contributed by atoms with Crippen LogP contribution in [-0.4, -0.2) is 37.6 Å². The van der Waals surface area contributed by atoms with E-state index in [1.54, 1.807) is 42.5 Å². The van der Waals surface area contributed by atoms with E-state index >= 15 is 0 Å². The van der Waals surface area contributed by atoms with E-state index in [1.165, 1.54) is 6.07 Å². The van der Waals surface area contributed by atoms with Crippen molar-refractivity contribution in [3.63, 3.8) is 0 Å². The second-order valence-electron chi connectivity index (χ2n) is 7.13. The summed E-state index contributed by atoms with van der Waals surface area (Å²) in [6.45, 7) is 3.71. The summed E-state index contributed by atoms with van der Waals surface area (Å²) in [5.74, 6) is 0. The molecule has 0 bridgehead atoms. The highest BCUT2D eigenvalue weighted by atomic mass is 32.3. The summed E-state index contributed by atoms with van der Waals surface area (Å²) in [7, 11) is -5.81. The molecule has 0 fully saturated rings. The first-order valence-corrected chi connectivity index (χ1v) is 12.7. The third-order valence-corrected chi connectivity index (χ3v) is 8.22. The number of sulfone groups is 1. The minimum Gasteiger partial charge on any atom is -0.252 e. The summed E-state index contributed by atoms with van der Waals surface area (Å²) in [6, 6.07) is 20.6. The summed E-state index contributed by atoms with van der Waals surface area (Å²) >= 11 is 0. The molecule has 0 aliphatic rings. The number of pyridine rings is 4. The summed E-state index contributed by atoms with van der Waals surface area (Å²) < 4.78 is 38.8. The Balaban J connectivity index is 1.60. The average molecular weight is 465 g/mol. The molecule has 4 heterocycles. The second kappa shape index (κ2) is 9.05. The fourth-order valence-electron chi connectivity index (χ4n) is 3.05. The third-order valence-electron chi connectivity index (χ3n) is 4.56. The molecule has 32 heavy (non-hydrogen) atoms. The highest BCUT2D eigenvalue weighted by Gasteiger charge is 2.22. The Morgan fingerprint density at radius 1 is 0.656 bits per heavy atom. The summed E-state index contributed by atoms with van der Waals surface area (Å²) in [4.78, 5) is 17.4. The van der Waals surface area contributed by atoms with Crippen molar-refractivity contribution in [3.8, 4) is 22.8 Å². The van der Waals surface area contributed by atoms with E-state index in [4.69, 9.17) is 0 Å². The molecule has 162 valence electrons. The lowest BCUT2D eigenvalue weighted by molar-refractivity contribution is 0.596. The zero-order valence-electron chi connectivity index (χ0n) is 17.5. The van der Waals surface area contributed by atoms with Gasteiger partial charge in [-0.05, 0) is 62.4 Å². The predicted molar refractivity (Wildman–Crippen MR) is 123 cm³/mol. The van der Waals surface area contributed by atoms with Gasteiger partial charge in [0.25, 0.3) is 0 Å². The lowest BCUT2D eigenvalue weighted by Crippen LogP contribution is -2.14. The fourth-order valence-corrected chi connectivity index (χ4v) is 6.10. The summed E-state index contributed by atoms with van der Waals surface area (Å²) in [5.41, 5.74) is 3.80. The average Bonchev–Trinajstić information content (AvgIpc) is 2.79. The molecule has 0 spiro atoms. The quantitative estimate of drug-likeness (QED) is 0.428. The standard InChI is InChI=1S/C23H20N4O3S2/c1-16-7-3-9-18(24-16)20-11-5-13-22(26-20)31(28)15-32(29,30)23-14-6-12-21(27-23)19-10-4-8-17(2)25-19/h3-14H,15H2,1-2H3. The van der Waals surface area contributed by atoms with Crippen LogP contribution in [0.4, 0.5) is 0 Å². The Kier molecular flexibility index (Phi) is 6.20. The van der Waals surface area contributed by atoms with Crippen LogP contribution in [0.25, 0.3) is 22.8 Å². The van der Waals surface area contributed by atoms with Crippen molar-refractivity contribution >= 4 is 20.6 Å². The topological polar surface area (TPSA) is 103 Å². The molecule has 0 aliphatic heterocycles. The molecule has 4 aromatic heterocycles. The van der Waals surface area contributed by atoms with Gasteiger partial charge in [-0.15, -0.1) is 0 Å². The van der Waals surface area contributed by atoms with Crippen LogP contribution in [0.1, 0.15) is 11.4 Å². The molecule has 0 N–H and O–H groups in total. The Labute approximate surface area is 189 Å². The molecule has 1 atom stereocenters. The van der Waals surface area contributed by atoms with Gasteiger partial charge in [0.05, 0.1) is 33.6 Å². The van der Waals surface area contributed by atoms with Crippen molar-refractivity contribution in [2.24, 2.45) is 0 Å². The molecule has 0 saturated heterocycles. The molecule has 0 radical (unpaired) electrons. The second-order valence-corrected chi connectivity index (χ2v) is 10.8. The summed E-state index contributed by atoms with van der Waals surface area (Å²) in [6.07, 6.45) is 0. The molecule has 0 saturated carbocycles. The first kappa shape index (κ1) is 21.9. The van der Waals surface area contributed by atoms with Gasteiger partial charge in [-0.3, -0.25) is 14.2 Å². The summed E-state index contributed by atoms with van der Waals surface area (Å²) in [5, 5.41) is -0.600. The van der Waals surface area contributed by atoms with Crippen molar-refractivity contribution in [2.75, 3.05) is 5.08 Å². The Bertz CT molecular complexity index is 1420. The third kappa shape index (κ3) is 4.95. The van der Waals surface area contributed by atoms with Gasteiger partial charge >= 0.3 is 0 Å². The Hall–Kier alpha value is -3.30. The largest absolute Gasteiger partial charge is 0.252 e. The molecule has 4 aromatic rings. The van der Waals surface area contributed by atoms with E-state index in [9.17, 15) is 12.6 Å². The highest BCUT2D eigenvalue weighted by molar-refractivity contribution is 8.05. The molecule has 4 rings (SSSR count). The SMILES string of the molecule is Cc1cccc(-c2cccc(S(=O)CS(=O)(=O)c3cccc(-c4cccc(C)n4)n3)n2)n1. The molecular formula is C23H20N4O3S2. The maximum Gasteiger partial charge on any atom is 0.207 e. The minimum atomic E-state index is -3.93. The van der Waals surface area contributed by atoms with Gasteiger partial charge in [-0.2, -0.15) is 0 Å². The van der Waals surface area contributed by atoms with Crippen molar-refractivity contribution in [2.45, 2.75) is 23.9 Å². The number of hydrogen-bond donors (Lipinski definition) is 0. The van der Waals surface area contributed by atoms with Crippen LogP contribution in [0.5, 0.6) is 0 Å². The number of nitrogens with zero attached hydrogens (tertiary/aromatic N) is 4. The number of aromatic nitrogens is 4. The normalized spacial score (nSPS) is 12.4. The Morgan fingerprint density at radius 3 is 1.69 bits per heavy atom. The van der Waals surface area contributed by atoms with E-state index < -0.39 is 25.7 Å². The molecule has 0 amide bonds. The molecular weight excluding hydrogens is 444 g/mol. The smallest absolute Gasteiger partial charge is 0.207 e. The molecule has 9 heteroatoms. The van der Waals surface area contributed by atoms with Crippen LogP contribution in [-0.2, 0) is 20.6 Å². The molecule has 7 nitrogen and oxygen atoms in total. The Morgan fingerprint density at radius 2 is 1.12 bits per heavy atom. The fraction of sp³-hybridized carbons (Fsp3) is 0.130. The van der Waals surface area contributed by atoms with Crippen molar-refractivity contribution in [3.05, 3.63) is 84.2 Å². The number of rotatable bonds is 6. The lowest BCUT2D eigenvalue weighted by Gasteiger charge is -2.08. The van der Waals surface area contributed by atoms with Gasteiger partial charge in [0.1, 0.15) is 10.1 Å². The van der Waals surface area contributed by atoms with Crippen LogP contribution in [0.15, 0.2) is 82.8 Å². The van der Waals surface area contributed by atoms with E-state index in [2.05, 4.69) is 19.9 Å². The van der Waals surface area contributed by atoms with Gasteiger partial charge in [-0.1, -0.05) is 24.3 Å². The van der Waals surface area contributed by atoms with Crippen molar-refractivity contribution in [1.82, 2.24) is 19.9 Å². The van der Waals surface area contributed by atoms with Gasteiger partial charge < -0.3 is 0 Å². The highest BCUT2D eigenvalue weighted by Crippen LogP contribution is 2.21. The predicted octanol–water partition coefficient (Wildman–Crippen LogP) is 3.76. The van der Waals surface area contributed by atoms with E-state index in [0.29, 0.717) is 22.8 Å². The van der Waals surface area contributed by atoms with Crippen LogP contribution < -0.4 is 0 Å². The first-order chi connectivity index (χ1) is 15.3. The van der Waals surface area contributed by atoms with Gasteiger partial charge in [0, 0.05) is 11.4 Å². The monoisotopic (exact) mass is 464 g/mol. The minimum absolute atomic E-state index is 0.150. The van der Waals surface area contributed by atoms with Gasteiger partial charge in [-0.25, -0.2) is 18.4 Å². The van der Waals surface area contributed by atoms with Crippen LogP contribution in [0.3, 0.4) is 0 Å². The first-order valence-electron chi connectivity index (χ1n) is 9.75. The molecule has 0 aromatic carbocycles. The van der Waals surface area contributed by atoms with Gasteiger partial charge in [0.15, 0.2) is 5.03 Å². The maximum atomic E-state index is 12.9. The zero-order chi connectivity index (χ0) is 22.7. The zero-order valence-corrected chi connectivity index (χ0v) is 19.1. The van der Waals surface area contributed by atoms with Crippen molar-refractivity contribution in [1.29, 1.82) is 0 Å². The number of aryl methyl sites for hydroxylation is 2. The lowest BCUT2D eigenvalue weighted by atomic mass is 10.2. The maximum absolute atomic E-state index is 12.9. The van der Waals surface area contributed by atoms with E-state index in [0.717, 1.165) is 11.4 Å². The van der Waals surface area contributed by atoms with Gasteiger partial charge in [0.2, 0.25) is 9.84 Å². The van der Waals surface area contributed by atoms with Crippen molar-refractivity contribution < 1.29 is 12.6 Å². The molecule has 1 unspecified atom stereocenters. The van der Waals surface area contributed by atoms with Crippen LogP contribution >= 0.6 is 0 Å². The molecule has 0 aliphatic carbocycles. The number of hydrogen-bond acceptors (Lipinski definition) is 7.